The summed E-state index contributed by atoms with van der Waals surface area (Å²) in [6.45, 7) is 0.560. The second-order valence-corrected chi connectivity index (χ2v) is 7.49. The molecule has 150 valence electrons. The number of nitrogens with zero attached hydrogens (tertiary/aromatic N) is 4. The molecule has 0 atom stereocenters. The van der Waals surface area contributed by atoms with Crippen LogP contribution < -0.4 is 5.32 Å². The summed E-state index contributed by atoms with van der Waals surface area (Å²) in [6.07, 6.45) is 5.30. The fourth-order valence-electron chi connectivity index (χ4n) is 3.39. The molecule has 5 rings (SSSR count). The highest BCUT2D eigenvalue weighted by Gasteiger charge is 2.11. The fraction of sp³-hybridized carbons (Fsp3) is 0.0400. The highest BCUT2D eigenvalue weighted by molar-refractivity contribution is 6.30. The standard InChI is InChI=1S/C25H18ClN5/c26-20-9-6-17(7-10-20)18-8-11-23-22(14-18)25(29-16-21-5-1-2-13-28-21)31-24(30-23)19-4-3-12-27-15-19/h1-15H,16H2,(H,29,30,31). The molecule has 6 heteroatoms. The van der Waals surface area contributed by atoms with Crippen LogP contribution in [0.3, 0.4) is 0 Å². The molecule has 0 amide bonds. The second kappa shape index (κ2) is 8.50. The molecule has 0 unspecified atom stereocenters. The number of nitrogens with one attached hydrogen (secondary N) is 1. The van der Waals surface area contributed by atoms with Crippen LogP contribution in [0, 0.1) is 0 Å². The van der Waals surface area contributed by atoms with Crippen molar-refractivity contribution in [3.63, 3.8) is 0 Å². The van der Waals surface area contributed by atoms with Crippen molar-refractivity contribution in [1.29, 1.82) is 0 Å². The normalized spacial score (nSPS) is 10.9. The van der Waals surface area contributed by atoms with Crippen LogP contribution in [-0.4, -0.2) is 19.9 Å². The van der Waals surface area contributed by atoms with E-state index in [9.17, 15) is 0 Å². The van der Waals surface area contributed by atoms with Crippen molar-refractivity contribution in [2.24, 2.45) is 0 Å². The molecule has 0 aliphatic rings. The molecular formula is C25H18ClN5. The molecule has 0 radical (unpaired) electrons. The lowest BCUT2D eigenvalue weighted by Crippen LogP contribution is -2.05. The zero-order valence-electron chi connectivity index (χ0n) is 16.5. The molecule has 5 nitrogen and oxygen atoms in total. The molecule has 0 saturated carbocycles. The van der Waals surface area contributed by atoms with E-state index in [4.69, 9.17) is 21.6 Å². The van der Waals surface area contributed by atoms with E-state index in [1.165, 1.54) is 0 Å². The predicted octanol–water partition coefficient (Wildman–Crippen LogP) is 6.02. The van der Waals surface area contributed by atoms with E-state index in [-0.39, 0.29) is 0 Å². The Kier molecular flexibility index (Phi) is 5.25. The lowest BCUT2D eigenvalue weighted by atomic mass is 10.0. The average molecular weight is 424 g/mol. The Morgan fingerprint density at radius 1 is 0.774 bits per heavy atom. The van der Waals surface area contributed by atoms with Gasteiger partial charge in [-0.25, -0.2) is 9.97 Å². The maximum absolute atomic E-state index is 6.05. The molecule has 0 fully saturated rings. The van der Waals surface area contributed by atoms with Gasteiger partial charge in [0, 0.05) is 34.6 Å². The Morgan fingerprint density at radius 3 is 2.42 bits per heavy atom. The summed E-state index contributed by atoms with van der Waals surface area (Å²) in [6, 6.07) is 23.7. The van der Waals surface area contributed by atoms with Gasteiger partial charge in [-0.2, -0.15) is 0 Å². The molecule has 0 spiro atoms. The summed E-state index contributed by atoms with van der Waals surface area (Å²) >= 11 is 6.05. The molecule has 5 aromatic rings. The number of hydrogen-bond acceptors (Lipinski definition) is 5. The Balaban J connectivity index is 1.61. The minimum Gasteiger partial charge on any atom is -0.364 e. The molecule has 31 heavy (non-hydrogen) atoms. The van der Waals surface area contributed by atoms with Crippen LogP contribution in [0.4, 0.5) is 5.82 Å². The van der Waals surface area contributed by atoms with Crippen molar-refractivity contribution in [3.05, 3.63) is 102 Å². The largest absolute Gasteiger partial charge is 0.364 e. The molecule has 0 bridgehead atoms. The SMILES string of the molecule is Clc1ccc(-c2ccc3nc(-c4cccnc4)nc(NCc4ccccn4)c3c2)cc1. The van der Waals surface area contributed by atoms with Gasteiger partial charge in [0.1, 0.15) is 5.82 Å². The Hall–Kier alpha value is -3.83. The number of benzene rings is 2. The van der Waals surface area contributed by atoms with Gasteiger partial charge < -0.3 is 5.32 Å². The molecule has 3 heterocycles. The minimum absolute atomic E-state index is 0.560. The van der Waals surface area contributed by atoms with Gasteiger partial charge in [0.05, 0.1) is 17.8 Å². The number of aromatic nitrogens is 4. The highest BCUT2D eigenvalue weighted by atomic mass is 35.5. The minimum atomic E-state index is 0.560. The van der Waals surface area contributed by atoms with Crippen LogP contribution in [0.15, 0.2) is 91.4 Å². The van der Waals surface area contributed by atoms with Crippen molar-refractivity contribution in [3.8, 4) is 22.5 Å². The molecule has 0 aliphatic heterocycles. The van der Waals surface area contributed by atoms with Crippen molar-refractivity contribution in [2.75, 3.05) is 5.32 Å². The number of fused-ring (bicyclic) bond motifs is 1. The van der Waals surface area contributed by atoms with E-state index >= 15 is 0 Å². The van der Waals surface area contributed by atoms with E-state index in [0.29, 0.717) is 17.4 Å². The summed E-state index contributed by atoms with van der Waals surface area (Å²) in [7, 11) is 0. The summed E-state index contributed by atoms with van der Waals surface area (Å²) in [5.74, 6) is 1.38. The van der Waals surface area contributed by atoms with Crippen LogP contribution in [0.25, 0.3) is 33.4 Å². The topological polar surface area (TPSA) is 63.6 Å². The lowest BCUT2D eigenvalue weighted by molar-refractivity contribution is 1.03. The Labute approximate surface area is 184 Å². The first-order chi connectivity index (χ1) is 15.3. The van der Waals surface area contributed by atoms with E-state index in [1.54, 1.807) is 18.6 Å². The maximum Gasteiger partial charge on any atom is 0.163 e. The molecule has 0 saturated heterocycles. The molecule has 3 aromatic heterocycles. The number of pyridine rings is 2. The smallest absolute Gasteiger partial charge is 0.163 e. The second-order valence-electron chi connectivity index (χ2n) is 7.05. The molecule has 0 aliphatic carbocycles. The van der Waals surface area contributed by atoms with Crippen molar-refractivity contribution in [1.82, 2.24) is 19.9 Å². The monoisotopic (exact) mass is 423 g/mol. The maximum atomic E-state index is 6.05. The first-order valence-electron chi connectivity index (χ1n) is 9.88. The van der Waals surface area contributed by atoms with Crippen LogP contribution in [0.2, 0.25) is 5.02 Å². The summed E-state index contributed by atoms with van der Waals surface area (Å²) in [5, 5.41) is 5.10. The van der Waals surface area contributed by atoms with Gasteiger partial charge in [-0.05, 0) is 59.7 Å². The average Bonchev–Trinajstić information content (AvgIpc) is 2.84. The molecule has 1 N–H and O–H groups in total. The van der Waals surface area contributed by atoms with Crippen molar-refractivity contribution >= 4 is 28.3 Å². The van der Waals surface area contributed by atoms with Gasteiger partial charge in [0.2, 0.25) is 0 Å². The molecule has 2 aromatic carbocycles. The van der Waals surface area contributed by atoms with Crippen molar-refractivity contribution < 1.29 is 0 Å². The third-order valence-electron chi connectivity index (χ3n) is 4.96. The van der Waals surface area contributed by atoms with Crippen molar-refractivity contribution in [2.45, 2.75) is 6.54 Å². The van der Waals surface area contributed by atoms with Gasteiger partial charge in [-0.15, -0.1) is 0 Å². The summed E-state index contributed by atoms with van der Waals surface area (Å²) < 4.78 is 0. The van der Waals surface area contributed by atoms with E-state index < -0.39 is 0 Å². The number of hydrogen-bond donors (Lipinski definition) is 1. The zero-order valence-corrected chi connectivity index (χ0v) is 17.3. The predicted molar refractivity (Wildman–Crippen MR) is 125 cm³/mol. The first kappa shape index (κ1) is 19.2. The van der Waals surface area contributed by atoms with Crippen LogP contribution in [0.5, 0.6) is 0 Å². The Bertz CT molecular complexity index is 1320. The van der Waals surface area contributed by atoms with E-state index in [2.05, 4.69) is 27.4 Å². The fourth-order valence-corrected chi connectivity index (χ4v) is 3.51. The third-order valence-corrected chi connectivity index (χ3v) is 5.21. The van der Waals surface area contributed by atoms with E-state index in [1.807, 2.05) is 60.7 Å². The van der Waals surface area contributed by atoms with Crippen LogP contribution in [-0.2, 0) is 6.54 Å². The van der Waals surface area contributed by atoms with Gasteiger partial charge in [0.15, 0.2) is 5.82 Å². The molecular weight excluding hydrogens is 406 g/mol. The van der Waals surface area contributed by atoms with E-state index in [0.717, 1.165) is 39.1 Å². The lowest BCUT2D eigenvalue weighted by Gasteiger charge is -2.12. The zero-order chi connectivity index (χ0) is 21.0. The van der Waals surface area contributed by atoms with Crippen LogP contribution >= 0.6 is 11.6 Å². The summed E-state index contributed by atoms with van der Waals surface area (Å²) in [5.41, 5.74) is 4.81. The highest BCUT2D eigenvalue weighted by Crippen LogP contribution is 2.30. The van der Waals surface area contributed by atoms with Gasteiger partial charge >= 0.3 is 0 Å². The first-order valence-corrected chi connectivity index (χ1v) is 10.3. The van der Waals surface area contributed by atoms with Crippen LogP contribution in [0.1, 0.15) is 5.69 Å². The quantitative estimate of drug-likeness (QED) is 0.374. The third kappa shape index (κ3) is 4.22. The van der Waals surface area contributed by atoms with Gasteiger partial charge in [-0.1, -0.05) is 35.9 Å². The number of anilines is 1. The summed E-state index contributed by atoms with van der Waals surface area (Å²) in [4.78, 5) is 18.2. The number of halogens is 1. The number of rotatable bonds is 5. The Morgan fingerprint density at radius 2 is 1.65 bits per heavy atom. The van der Waals surface area contributed by atoms with Gasteiger partial charge in [-0.3, -0.25) is 9.97 Å². The van der Waals surface area contributed by atoms with Gasteiger partial charge in [0.25, 0.3) is 0 Å².